The minimum absolute atomic E-state index is 0.120. The summed E-state index contributed by atoms with van der Waals surface area (Å²) in [5, 5.41) is 13.7. The molecule has 2 heterocycles. The van der Waals surface area contributed by atoms with Crippen LogP contribution in [0.4, 0.5) is 31.1 Å². The maximum atomic E-state index is 13.7. The normalized spacial score (nSPS) is 11.9. The van der Waals surface area contributed by atoms with Crippen LogP contribution in [0.3, 0.4) is 0 Å². The Hall–Kier alpha value is -4.85. The Labute approximate surface area is 237 Å². The van der Waals surface area contributed by atoms with E-state index in [2.05, 4.69) is 14.8 Å². The lowest BCUT2D eigenvalue weighted by atomic mass is 10.0. The molecule has 1 N–H and O–H groups in total. The molecule has 216 valence electrons. The molecular weight excluding hydrogens is 588 g/mol. The van der Waals surface area contributed by atoms with Crippen molar-refractivity contribution in [3.05, 3.63) is 101 Å². The number of halogens is 6. The summed E-state index contributed by atoms with van der Waals surface area (Å²) in [6, 6.07) is 18.6. The third kappa shape index (κ3) is 6.22. The molecule has 0 unspecified atom stereocenters. The number of rotatable bonds is 7. The van der Waals surface area contributed by atoms with Gasteiger partial charge in [-0.25, -0.2) is 9.78 Å². The molecule has 0 spiro atoms. The zero-order chi connectivity index (χ0) is 30.1. The molecule has 0 saturated carbocycles. The summed E-state index contributed by atoms with van der Waals surface area (Å²) in [5.74, 6) is -0.576. The number of aromatic nitrogens is 3. The molecule has 5 aromatic rings. The van der Waals surface area contributed by atoms with E-state index in [0.29, 0.717) is 33.4 Å². The van der Waals surface area contributed by atoms with Gasteiger partial charge in [-0.1, -0.05) is 48.5 Å². The molecule has 0 aliphatic rings. The summed E-state index contributed by atoms with van der Waals surface area (Å²) in [4.78, 5) is 15.1. The average molecular weight is 606 g/mol. The van der Waals surface area contributed by atoms with Gasteiger partial charge in [0, 0.05) is 10.9 Å². The van der Waals surface area contributed by atoms with Crippen LogP contribution in [0.1, 0.15) is 16.8 Å². The number of nitrogens with zero attached hydrogens (tertiary/aromatic N) is 3. The lowest BCUT2D eigenvalue weighted by Crippen LogP contribution is -2.16. The van der Waals surface area contributed by atoms with E-state index in [4.69, 9.17) is 9.84 Å². The molecule has 5 rings (SSSR count). The van der Waals surface area contributed by atoms with Crippen LogP contribution in [0, 0.1) is 0 Å². The SMILES string of the molecule is O=C(O)Oc1cnn(-c2nc(-c3ccccc3OCc3ccc(-c4ccc(C(F)(F)F)cc4)cc3)cs2)c1C(F)(F)F. The van der Waals surface area contributed by atoms with E-state index < -0.39 is 35.5 Å². The van der Waals surface area contributed by atoms with E-state index in [0.717, 1.165) is 34.6 Å². The van der Waals surface area contributed by atoms with Crippen LogP contribution in [0.5, 0.6) is 11.5 Å². The second-order valence-corrected chi connectivity index (χ2v) is 9.54. The van der Waals surface area contributed by atoms with Crippen LogP contribution in [-0.2, 0) is 19.0 Å². The van der Waals surface area contributed by atoms with Gasteiger partial charge in [-0.15, -0.1) is 11.3 Å². The van der Waals surface area contributed by atoms with E-state index in [-0.39, 0.29) is 11.7 Å². The van der Waals surface area contributed by atoms with E-state index in [1.807, 2.05) is 0 Å². The number of ether oxygens (including phenoxy) is 2. The van der Waals surface area contributed by atoms with Crippen LogP contribution in [0.25, 0.3) is 27.5 Å². The molecular formula is C28H17F6N3O4S. The van der Waals surface area contributed by atoms with Gasteiger partial charge in [0.2, 0.25) is 5.13 Å². The third-order valence-corrected chi connectivity index (χ3v) is 6.75. The number of hydrogen-bond acceptors (Lipinski definition) is 6. The van der Waals surface area contributed by atoms with Crippen molar-refractivity contribution in [3.8, 4) is 39.0 Å². The Kier molecular flexibility index (Phi) is 7.65. The first-order chi connectivity index (χ1) is 19.9. The predicted molar refractivity (Wildman–Crippen MR) is 140 cm³/mol. The summed E-state index contributed by atoms with van der Waals surface area (Å²) < 4.78 is 90.2. The number of para-hydroxylation sites is 1. The Balaban J connectivity index is 1.33. The van der Waals surface area contributed by atoms with Gasteiger partial charge in [-0.3, -0.25) is 0 Å². The number of hydrogen-bond donors (Lipinski definition) is 1. The highest BCUT2D eigenvalue weighted by atomic mass is 32.1. The maximum absolute atomic E-state index is 13.7. The highest BCUT2D eigenvalue weighted by molar-refractivity contribution is 7.12. The van der Waals surface area contributed by atoms with Crippen molar-refractivity contribution in [2.24, 2.45) is 0 Å². The molecule has 0 saturated heterocycles. The van der Waals surface area contributed by atoms with Crippen LogP contribution in [0.15, 0.2) is 84.4 Å². The molecule has 0 bridgehead atoms. The zero-order valence-corrected chi connectivity index (χ0v) is 21.8. The number of alkyl halides is 6. The first-order valence-electron chi connectivity index (χ1n) is 11.9. The number of carboxylic acid groups (broad SMARTS) is 1. The van der Waals surface area contributed by atoms with Gasteiger partial charge in [-0.05, 0) is 41.0 Å². The standard InChI is InChI=1S/C28H17F6N3O4S/c29-27(30,31)19-11-9-18(10-12-19)17-7-5-16(6-8-17)14-40-22-4-2-1-3-20(22)21-15-42-25(36-21)37-24(28(32,33)34)23(13-35-37)41-26(38)39/h1-13,15H,14H2,(H,38,39). The monoisotopic (exact) mass is 605 g/mol. The second kappa shape index (κ2) is 11.2. The van der Waals surface area contributed by atoms with Crippen molar-refractivity contribution in [1.29, 1.82) is 0 Å². The molecule has 0 aliphatic carbocycles. The van der Waals surface area contributed by atoms with Crippen molar-refractivity contribution in [2.45, 2.75) is 19.0 Å². The van der Waals surface area contributed by atoms with Gasteiger partial charge >= 0.3 is 18.5 Å². The molecule has 0 aliphatic heterocycles. The fraction of sp³-hybridized carbons (Fsp3) is 0.107. The van der Waals surface area contributed by atoms with Crippen LogP contribution in [0.2, 0.25) is 0 Å². The Morgan fingerprint density at radius 3 is 2.12 bits per heavy atom. The first kappa shape index (κ1) is 28.7. The summed E-state index contributed by atoms with van der Waals surface area (Å²) in [7, 11) is 0. The molecule has 7 nitrogen and oxygen atoms in total. The Morgan fingerprint density at radius 1 is 0.857 bits per heavy atom. The van der Waals surface area contributed by atoms with Gasteiger partial charge in [0.25, 0.3) is 0 Å². The van der Waals surface area contributed by atoms with Crippen LogP contribution < -0.4 is 9.47 Å². The molecule has 42 heavy (non-hydrogen) atoms. The molecule has 0 fully saturated rings. The smallest absolute Gasteiger partial charge is 0.488 e. The number of benzene rings is 3. The topological polar surface area (TPSA) is 86.5 Å². The Morgan fingerprint density at radius 2 is 1.50 bits per heavy atom. The highest BCUT2D eigenvalue weighted by Crippen LogP contribution is 2.39. The van der Waals surface area contributed by atoms with Crippen molar-refractivity contribution in [3.63, 3.8) is 0 Å². The third-order valence-electron chi connectivity index (χ3n) is 5.93. The minimum atomic E-state index is -4.98. The highest BCUT2D eigenvalue weighted by Gasteiger charge is 2.41. The molecule has 0 radical (unpaired) electrons. The lowest BCUT2D eigenvalue weighted by Gasteiger charge is -2.11. The van der Waals surface area contributed by atoms with Crippen molar-refractivity contribution in [1.82, 2.24) is 14.8 Å². The quantitative estimate of drug-likeness (QED) is 0.148. The summed E-state index contributed by atoms with van der Waals surface area (Å²) in [6.45, 7) is 0.120. The number of thiazole rings is 1. The molecule has 2 aromatic heterocycles. The van der Waals surface area contributed by atoms with Gasteiger partial charge < -0.3 is 14.6 Å². The summed E-state index contributed by atoms with van der Waals surface area (Å²) >= 11 is 0.853. The molecule has 14 heteroatoms. The minimum Gasteiger partial charge on any atom is -0.488 e. The Bertz CT molecular complexity index is 1710. The molecule has 0 amide bonds. The summed E-state index contributed by atoms with van der Waals surface area (Å²) in [5.41, 5.74) is 0.734. The predicted octanol–water partition coefficient (Wildman–Crippen LogP) is 8.34. The second-order valence-electron chi connectivity index (χ2n) is 8.71. The first-order valence-corrected chi connectivity index (χ1v) is 12.8. The molecule has 0 atom stereocenters. The maximum Gasteiger partial charge on any atom is 0.511 e. The van der Waals surface area contributed by atoms with E-state index >= 15 is 0 Å². The summed E-state index contributed by atoms with van der Waals surface area (Å²) in [6.07, 6.45) is -10.7. The zero-order valence-electron chi connectivity index (χ0n) is 21.0. The largest absolute Gasteiger partial charge is 0.511 e. The van der Waals surface area contributed by atoms with E-state index in [1.165, 1.54) is 17.5 Å². The van der Waals surface area contributed by atoms with Crippen molar-refractivity contribution in [2.75, 3.05) is 0 Å². The van der Waals surface area contributed by atoms with E-state index in [1.54, 1.807) is 48.5 Å². The van der Waals surface area contributed by atoms with Gasteiger partial charge in [0.05, 0.1) is 17.5 Å². The van der Waals surface area contributed by atoms with Crippen LogP contribution in [-0.4, -0.2) is 26.0 Å². The van der Waals surface area contributed by atoms with E-state index in [9.17, 15) is 31.1 Å². The fourth-order valence-corrected chi connectivity index (χ4v) is 4.79. The lowest BCUT2D eigenvalue weighted by molar-refractivity contribution is -0.143. The van der Waals surface area contributed by atoms with Gasteiger partial charge in [0.1, 0.15) is 12.4 Å². The van der Waals surface area contributed by atoms with Crippen molar-refractivity contribution < 1.29 is 45.7 Å². The van der Waals surface area contributed by atoms with Crippen LogP contribution >= 0.6 is 11.3 Å². The number of carbonyl (C=O) groups is 1. The fourth-order valence-electron chi connectivity index (χ4n) is 4.00. The average Bonchev–Trinajstić information content (AvgIpc) is 3.59. The van der Waals surface area contributed by atoms with Gasteiger partial charge in [0.15, 0.2) is 11.4 Å². The molecule has 3 aromatic carbocycles. The van der Waals surface area contributed by atoms with Gasteiger partial charge in [-0.2, -0.15) is 36.1 Å². The van der Waals surface area contributed by atoms with Crippen molar-refractivity contribution >= 4 is 17.5 Å².